The van der Waals surface area contributed by atoms with Crippen LogP contribution in [0.2, 0.25) is 0 Å². The molecule has 1 aliphatic heterocycles. The molecule has 1 unspecified atom stereocenters. The van der Waals surface area contributed by atoms with Crippen LogP contribution in [0, 0.1) is 0 Å². The van der Waals surface area contributed by atoms with Crippen LogP contribution < -0.4 is 10.1 Å². The molecule has 1 aromatic rings. The monoisotopic (exact) mass is 320 g/mol. The number of benzene rings is 1. The summed E-state index contributed by atoms with van der Waals surface area (Å²) in [4.78, 5) is 2.34. The smallest absolute Gasteiger partial charge is 0.387 e. The molecule has 1 fully saturated rings. The first-order chi connectivity index (χ1) is 9.65. The van der Waals surface area contributed by atoms with Gasteiger partial charge in [0.05, 0.1) is 0 Å². The first-order valence-corrected chi connectivity index (χ1v) is 7.10. The van der Waals surface area contributed by atoms with Crippen molar-refractivity contribution in [3.8, 4) is 5.75 Å². The second-order valence-electron chi connectivity index (χ2n) is 5.27. The van der Waals surface area contributed by atoms with Gasteiger partial charge in [-0.3, -0.25) is 4.90 Å². The molecular formula is C15H23ClF2N2O. The lowest BCUT2D eigenvalue weighted by molar-refractivity contribution is -0.0498. The van der Waals surface area contributed by atoms with Crippen LogP contribution in [0.3, 0.4) is 0 Å². The Labute approximate surface area is 131 Å². The van der Waals surface area contributed by atoms with Crippen molar-refractivity contribution in [2.24, 2.45) is 0 Å². The zero-order chi connectivity index (χ0) is 14.4. The Morgan fingerprint density at radius 3 is 2.62 bits per heavy atom. The van der Waals surface area contributed by atoms with Gasteiger partial charge in [0.15, 0.2) is 0 Å². The molecule has 0 radical (unpaired) electrons. The number of halogens is 3. The third-order valence-corrected chi connectivity index (χ3v) is 3.75. The van der Waals surface area contributed by atoms with Crippen molar-refractivity contribution in [3.05, 3.63) is 29.8 Å². The second kappa shape index (κ2) is 9.18. The lowest BCUT2D eigenvalue weighted by Crippen LogP contribution is -2.31. The minimum atomic E-state index is -2.76. The summed E-state index contributed by atoms with van der Waals surface area (Å²) in [7, 11) is 2.12. The minimum absolute atomic E-state index is 0. The van der Waals surface area contributed by atoms with Crippen LogP contribution in [0.1, 0.15) is 24.8 Å². The van der Waals surface area contributed by atoms with E-state index in [-0.39, 0.29) is 18.2 Å². The van der Waals surface area contributed by atoms with E-state index in [1.807, 2.05) is 12.1 Å². The van der Waals surface area contributed by atoms with Crippen molar-refractivity contribution in [2.45, 2.75) is 38.5 Å². The Hall–Kier alpha value is -0.910. The fraction of sp³-hybridized carbons (Fsp3) is 0.600. The Balaban J connectivity index is 0.00000220. The molecular weight excluding hydrogens is 298 g/mol. The van der Waals surface area contributed by atoms with E-state index in [2.05, 4.69) is 22.0 Å². The highest BCUT2D eigenvalue weighted by molar-refractivity contribution is 5.85. The zero-order valence-corrected chi connectivity index (χ0v) is 13.0. The van der Waals surface area contributed by atoms with Crippen molar-refractivity contribution < 1.29 is 13.5 Å². The lowest BCUT2D eigenvalue weighted by atomic mass is 10.1. The summed E-state index contributed by atoms with van der Waals surface area (Å²) in [6.45, 7) is 0.238. The molecule has 0 aromatic heterocycles. The van der Waals surface area contributed by atoms with Gasteiger partial charge in [0.25, 0.3) is 0 Å². The molecule has 0 aliphatic carbocycles. The Kier molecular flexibility index (Phi) is 7.93. The van der Waals surface area contributed by atoms with Crippen LogP contribution >= 0.6 is 12.4 Å². The molecule has 1 atom stereocenters. The van der Waals surface area contributed by atoms with E-state index in [1.165, 1.54) is 12.8 Å². The lowest BCUT2D eigenvalue weighted by Gasteiger charge is -2.26. The van der Waals surface area contributed by atoms with E-state index in [0.717, 1.165) is 31.6 Å². The van der Waals surface area contributed by atoms with Gasteiger partial charge >= 0.3 is 6.61 Å². The summed E-state index contributed by atoms with van der Waals surface area (Å²) in [5.41, 5.74) is 1.12. The molecule has 1 N–H and O–H groups in total. The van der Waals surface area contributed by atoms with Crippen molar-refractivity contribution in [2.75, 3.05) is 20.1 Å². The van der Waals surface area contributed by atoms with E-state index >= 15 is 0 Å². The third-order valence-electron chi connectivity index (χ3n) is 3.75. The molecule has 3 nitrogen and oxygen atoms in total. The van der Waals surface area contributed by atoms with Gasteiger partial charge in [-0.1, -0.05) is 12.1 Å². The summed E-state index contributed by atoms with van der Waals surface area (Å²) in [5, 5.41) is 3.41. The van der Waals surface area contributed by atoms with Crippen molar-refractivity contribution in [1.29, 1.82) is 0 Å². The van der Waals surface area contributed by atoms with Gasteiger partial charge in [-0.05, 0) is 57.1 Å². The molecule has 1 saturated heterocycles. The average molecular weight is 321 g/mol. The van der Waals surface area contributed by atoms with E-state index < -0.39 is 6.61 Å². The summed E-state index contributed by atoms with van der Waals surface area (Å²) < 4.78 is 28.5. The number of alkyl halides is 2. The van der Waals surface area contributed by atoms with Gasteiger partial charge in [0.2, 0.25) is 0 Å². The van der Waals surface area contributed by atoms with Crippen LogP contribution in [-0.4, -0.2) is 37.7 Å². The molecule has 1 aromatic carbocycles. The van der Waals surface area contributed by atoms with Gasteiger partial charge < -0.3 is 10.1 Å². The van der Waals surface area contributed by atoms with Crippen molar-refractivity contribution in [1.82, 2.24) is 10.2 Å². The molecule has 21 heavy (non-hydrogen) atoms. The van der Waals surface area contributed by atoms with Crippen molar-refractivity contribution >= 4 is 12.4 Å². The molecule has 0 saturated carbocycles. The highest BCUT2D eigenvalue weighted by Gasteiger charge is 2.16. The van der Waals surface area contributed by atoms with Crippen LogP contribution in [0.4, 0.5) is 8.78 Å². The van der Waals surface area contributed by atoms with E-state index in [0.29, 0.717) is 6.04 Å². The van der Waals surface area contributed by atoms with Crippen molar-refractivity contribution in [3.63, 3.8) is 0 Å². The predicted octanol–water partition coefficient (Wildman–Crippen LogP) is 3.28. The first kappa shape index (κ1) is 18.1. The van der Waals surface area contributed by atoms with Gasteiger partial charge in [-0.25, -0.2) is 0 Å². The maximum absolute atomic E-state index is 12.1. The number of nitrogens with zero attached hydrogens (tertiary/aromatic N) is 1. The SMILES string of the molecule is CN(Cc1ccc(OC(F)F)cc1)C1CCCNCC1.Cl. The molecule has 0 amide bonds. The first-order valence-electron chi connectivity index (χ1n) is 7.10. The summed E-state index contributed by atoms with van der Waals surface area (Å²) >= 11 is 0. The normalized spacial score (nSPS) is 19.2. The molecule has 0 bridgehead atoms. The molecule has 120 valence electrons. The Morgan fingerprint density at radius 2 is 1.95 bits per heavy atom. The molecule has 1 aliphatic rings. The molecule has 0 spiro atoms. The molecule has 2 rings (SSSR count). The largest absolute Gasteiger partial charge is 0.435 e. The second-order valence-corrected chi connectivity index (χ2v) is 5.27. The zero-order valence-electron chi connectivity index (χ0n) is 12.2. The van der Waals surface area contributed by atoms with E-state index in [1.54, 1.807) is 12.1 Å². The maximum atomic E-state index is 12.1. The van der Waals surface area contributed by atoms with Crippen LogP contribution in [-0.2, 0) is 6.54 Å². The standard InChI is InChI=1S/C15H22F2N2O.ClH/c1-19(13-3-2-9-18-10-8-13)11-12-4-6-14(7-5-12)20-15(16)17;/h4-7,13,15,18H,2-3,8-11H2,1H3;1H. The van der Waals surface area contributed by atoms with Gasteiger partial charge in [0, 0.05) is 12.6 Å². The topological polar surface area (TPSA) is 24.5 Å². The van der Waals surface area contributed by atoms with Gasteiger partial charge in [-0.15, -0.1) is 12.4 Å². The fourth-order valence-corrected chi connectivity index (χ4v) is 2.63. The minimum Gasteiger partial charge on any atom is -0.435 e. The molecule has 1 heterocycles. The van der Waals surface area contributed by atoms with Gasteiger partial charge in [0.1, 0.15) is 5.75 Å². The molecule has 6 heteroatoms. The Morgan fingerprint density at radius 1 is 1.24 bits per heavy atom. The number of ether oxygens (including phenoxy) is 1. The Bertz CT molecular complexity index is 395. The fourth-order valence-electron chi connectivity index (χ4n) is 2.63. The maximum Gasteiger partial charge on any atom is 0.387 e. The predicted molar refractivity (Wildman–Crippen MR) is 82.3 cm³/mol. The summed E-state index contributed by atoms with van der Waals surface area (Å²) in [5.74, 6) is 0.213. The van der Waals surface area contributed by atoms with E-state index in [9.17, 15) is 8.78 Å². The van der Waals surface area contributed by atoms with E-state index in [4.69, 9.17) is 0 Å². The number of nitrogens with one attached hydrogen (secondary N) is 1. The summed E-state index contributed by atoms with van der Waals surface area (Å²) in [6.07, 6.45) is 3.56. The highest BCUT2D eigenvalue weighted by Crippen LogP contribution is 2.18. The quantitative estimate of drug-likeness (QED) is 0.901. The van der Waals surface area contributed by atoms with Gasteiger partial charge in [-0.2, -0.15) is 8.78 Å². The number of rotatable bonds is 5. The number of hydrogen-bond donors (Lipinski definition) is 1. The number of hydrogen-bond acceptors (Lipinski definition) is 3. The van der Waals surface area contributed by atoms with Crippen LogP contribution in [0.25, 0.3) is 0 Å². The highest BCUT2D eigenvalue weighted by atomic mass is 35.5. The van der Waals surface area contributed by atoms with Crippen LogP contribution in [0.15, 0.2) is 24.3 Å². The third kappa shape index (κ3) is 6.16. The summed E-state index contributed by atoms with van der Waals surface area (Å²) in [6, 6.07) is 7.49. The average Bonchev–Trinajstić information content (AvgIpc) is 2.69. The van der Waals surface area contributed by atoms with Crippen LogP contribution in [0.5, 0.6) is 5.75 Å².